The van der Waals surface area contributed by atoms with Gasteiger partial charge in [-0.15, -0.1) is 11.3 Å². The van der Waals surface area contributed by atoms with Crippen molar-refractivity contribution in [2.75, 3.05) is 6.54 Å². The Morgan fingerprint density at radius 1 is 1.17 bits per heavy atom. The number of carbonyl (C=O) groups is 1. The molecule has 0 aliphatic heterocycles. The first-order valence-corrected chi connectivity index (χ1v) is 11.2. The second-order valence-corrected chi connectivity index (χ2v) is 8.57. The first kappa shape index (κ1) is 21.2. The average Bonchev–Trinajstić information content (AvgIpc) is 3.25. The van der Waals surface area contributed by atoms with Gasteiger partial charge in [-0.05, 0) is 49.3 Å². The highest BCUT2D eigenvalue weighted by molar-refractivity contribution is 7.12. The van der Waals surface area contributed by atoms with E-state index in [2.05, 4.69) is 20.8 Å². The van der Waals surface area contributed by atoms with Gasteiger partial charge in [0.25, 0.3) is 11.5 Å². The van der Waals surface area contributed by atoms with Crippen LogP contribution in [0.25, 0.3) is 10.9 Å². The fourth-order valence-electron chi connectivity index (χ4n) is 3.63. The molecule has 0 saturated carbocycles. The molecule has 6 heteroatoms. The topological polar surface area (TPSA) is 55.2 Å². The van der Waals surface area contributed by atoms with Gasteiger partial charge >= 0.3 is 0 Å². The van der Waals surface area contributed by atoms with Crippen LogP contribution in [0, 0.1) is 5.92 Å². The normalized spacial score (nSPS) is 12.4. The van der Waals surface area contributed by atoms with E-state index < -0.39 is 0 Å². The van der Waals surface area contributed by atoms with Crippen molar-refractivity contribution in [1.82, 2.24) is 14.5 Å². The Morgan fingerprint density at radius 2 is 1.93 bits per heavy atom. The fourth-order valence-corrected chi connectivity index (χ4v) is 4.30. The number of thiophene rings is 1. The molecule has 0 aliphatic rings. The van der Waals surface area contributed by atoms with Crippen molar-refractivity contribution in [3.05, 3.63) is 62.8 Å². The van der Waals surface area contributed by atoms with Crippen molar-refractivity contribution in [3.63, 3.8) is 0 Å². The predicted molar refractivity (Wildman–Crippen MR) is 120 cm³/mol. The third-order valence-electron chi connectivity index (χ3n) is 5.21. The van der Waals surface area contributed by atoms with Gasteiger partial charge in [0.15, 0.2) is 0 Å². The monoisotopic (exact) mass is 411 g/mol. The van der Waals surface area contributed by atoms with Crippen molar-refractivity contribution >= 4 is 28.1 Å². The number of carbonyl (C=O) groups excluding carboxylic acids is 1. The summed E-state index contributed by atoms with van der Waals surface area (Å²) >= 11 is 1.45. The van der Waals surface area contributed by atoms with Gasteiger partial charge in [0.05, 0.1) is 21.8 Å². The van der Waals surface area contributed by atoms with Crippen LogP contribution >= 0.6 is 11.3 Å². The molecule has 0 fully saturated rings. The maximum Gasteiger partial charge on any atom is 0.264 e. The Morgan fingerprint density at radius 3 is 2.55 bits per heavy atom. The van der Waals surface area contributed by atoms with Gasteiger partial charge in [-0.1, -0.05) is 39.0 Å². The summed E-state index contributed by atoms with van der Waals surface area (Å²) in [6.45, 7) is 9.48. The maximum absolute atomic E-state index is 13.4. The lowest BCUT2D eigenvalue weighted by Crippen LogP contribution is -2.39. The number of hydrogen-bond donors (Lipinski definition) is 0. The van der Waals surface area contributed by atoms with E-state index in [1.54, 1.807) is 4.57 Å². The number of nitrogens with zero attached hydrogens (tertiary/aromatic N) is 3. The van der Waals surface area contributed by atoms with Crippen molar-refractivity contribution < 1.29 is 4.79 Å². The smallest absolute Gasteiger partial charge is 0.264 e. The summed E-state index contributed by atoms with van der Waals surface area (Å²) in [5.41, 5.74) is 0.641. The van der Waals surface area contributed by atoms with Crippen molar-refractivity contribution in [3.8, 4) is 0 Å². The summed E-state index contributed by atoms with van der Waals surface area (Å²) in [6, 6.07) is 10.9. The minimum atomic E-state index is -0.249. The summed E-state index contributed by atoms with van der Waals surface area (Å²) < 4.78 is 1.72. The summed E-state index contributed by atoms with van der Waals surface area (Å²) in [7, 11) is 0. The van der Waals surface area contributed by atoms with Gasteiger partial charge in [0, 0.05) is 13.1 Å². The van der Waals surface area contributed by atoms with Crippen LogP contribution in [0.3, 0.4) is 0 Å². The molecule has 0 N–H and O–H groups in total. The molecule has 0 spiro atoms. The molecule has 0 saturated heterocycles. The highest BCUT2D eigenvalue weighted by atomic mass is 32.1. The summed E-state index contributed by atoms with van der Waals surface area (Å²) in [6.07, 6.45) is 1.59. The zero-order valence-electron chi connectivity index (χ0n) is 17.6. The molecule has 5 nitrogen and oxygen atoms in total. The molecule has 154 valence electrons. The van der Waals surface area contributed by atoms with Crippen LogP contribution < -0.4 is 5.56 Å². The van der Waals surface area contributed by atoms with Crippen LogP contribution in [0.4, 0.5) is 0 Å². The lowest BCUT2D eigenvalue weighted by molar-refractivity contribution is 0.0651. The number of benzene rings is 1. The van der Waals surface area contributed by atoms with Crippen molar-refractivity contribution in [1.29, 1.82) is 0 Å². The zero-order valence-corrected chi connectivity index (χ0v) is 18.4. The van der Waals surface area contributed by atoms with Gasteiger partial charge in [-0.25, -0.2) is 4.98 Å². The fraction of sp³-hybridized carbons (Fsp3) is 0.435. The lowest BCUT2D eigenvalue weighted by Gasteiger charge is -2.32. The van der Waals surface area contributed by atoms with E-state index in [4.69, 9.17) is 4.98 Å². The van der Waals surface area contributed by atoms with Crippen LogP contribution in [0.1, 0.15) is 62.1 Å². The summed E-state index contributed by atoms with van der Waals surface area (Å²) in [5, 5.41) is 2.54. The maximum atomic E-state index is 13.4. The van der Waals surface area contributed by atoms with Gasteiger partial charge in [-0.2, -0.15) is 0 Å². The second-order valence-electron chi connectivity index (χ2n) is 7.62. The van der Waals surface area contributed by atoms with Gasteiger partial charge in [-0.3, -0.25) is 14.2 Å². The molecule has 3 aromatic rings. The van der Waals surface area contributed by atoms with E-state index in [1.165, 1.54) is 11.3 Å². The third-order valence-corrected chi connectivity index (χ3v) is 6.07. The van der Waals surface area contributed by atoms with E-state index in [1.807, 2.05) is 53.6 Å². The molecule has 0 aliphatic carbocycles. The predicted octanol–water partition coefficient (Wildman–Crippen LogP) is 5.12. The van der Waals surface area contributed by atoms with Gasteiger partial charge < -0.3 is 4.90 Å². The molecule has 1 amide bonds. The molecule has 1 aromatic carbocycles. The second kappa shape index (κ2) is 9.35. The number of hydrogen-bond acceptors (Lipinski definition) is 4. The molecule has 0 radical (unpaired) electrons. The number of rotatable bonds is 8. The van der Waals surface area contributed by atoms with Crippen molar-refractivity contribution in [2.24, 2.45) is 5.92 Å². The third kappa shape index (κ3) is 4.42. The van der Waals surface area contributed by atoms with Gasteiger partial charge in [0.2, 0.25) is 0 Å². The molecule has 1 atom stereocenters. The Balaban J connectivity index is 2.13. The average molecular weight is 412 g/mol. The van der Waals surface area contributed by atoms with Crippen LogP contribution in [0.5, 0.6) is 0 Å². The summed E-state index contributed by atoms with van der Waals surface area (Å²) in [5.74, 6) is 1.16. The molecular weight excluding hydrogens is 382 g/mol. The molecule has 3 rings (SSSR count). The minimum Gasteiger partial charge on any atom is -0.328 e. The van der Waals surface area contributed by atoms with E-state index in [9.17, 15) is 9.59 Å². The van der Waals surface area contributed by atoms with E-state index in [-0.39, 0.29) is 17.5 Å². The first-order valence-electron chi connectivity index (χ1n) is 10.3. The molecular formula is C23H29N3O2S. The number of aromatic nitrogens is 2. The molecule has 0 bridgehead atoms. The minimum absolute atomic E-state index is 0.0116. The van der Waals surface area contributed by atoms with E-state index in [0.29, 0.717) is 42.2 Å². The molecule has 1 unspecified atom stereocenters. The summed E-state index contributed by atoms with van der Waals surface area (Å²) in [4.78, 5) is 34.0. The SMILES string of the molecule is CCC(c1nc2ccccc2c(=O)n1CC)N(CCC(C)C)C(=O)c1cccs1. The van der Waals surface area contributed by atoms with Crippen molar-refractivity contribution in [2.45, 2.75) is 53.1 Å². The molecule has 2 heterocycles. The standard InChI is InChI=1S/C23H29N3O2S/c1-5-19(26(14-13-16(3)4)23(28)20-12-9-15-29-20)21-24-18-11-8-7-10-17(18)22(27)25(21)6-2/h7-12,15-16,19H,5-6,13-14H2,1-4H3. The highest BCUT2D eigenvalue weighted by Crippen LogP contribution is 2.27. The zero-order chi connectivity index (χ0) is 21.0. The van der Waals surface area contributed by atoms with E-state index >= 15 is 0 Å². The number of amides is 1. The van der Waals surface area contributed by atoms with Crippen LogP contribution in [-0.4, -0.2) is 26.9 Å². The molecule has 2 aromatic heterocycles. The van der Waals surface area contributed by atoms with E-state index in [0.717, 1.165) is 11.3 Å². The largest absolute Gasteiger partial charge is 0.328 e. The number of para-hydroxylation sites is 1. The van der Waals surface area contributed by atoms with Crippen LogP contribution in [0.2, 0.25) is 0 Å². The lowest BCUT2D eigenvalue weighted by atomic mass is 10.1. The highest BCUT2D eigenvalue weighted by Gasteiger charge is 2.29. The quantitative estimate of drug-likeness (QED) is 0.517. The number of fused-ring (bicyclic) bond motifs is 1. The molecule has 29 heavy (non-hydrogen) atoms. The Labute approximate surface area is 176 Å². The van der Waals surface area contributed by atoms with Crippen LogP contribution in [-0.2, 0) is 6.54 Å². The Hall–Kier alpha value is -2.47. The Kier molecular flexibility index (Phi) is 6.85. The van der Waals surface area contributed by atoms with Gasteiger partial charge in [0.1, 0.15) is 5.82 Å². The Bertz CT molecular complexity index is 1020. The van der Waals surface area contributed by atoms with Crippen LogP contribution in [0.15, 0.2) is 46.6 Å². The first-order chi connectivity index (χ1) is 14.0.